The van der Waals surface area contributed by atoms with E-state index in [1.807, 2.05) is 24.3 Å². The second-order valence-electron chi connectivity index (χ2n) is 7.67. The molecule has 1 aromatic carbocycles. The monoisotopic (exact) mass is 470 g/mol. The third-order valence-electron chi connectivity index (χ3n) is 5.15. The Morgan fingerprint density at radius 3 is 2.72 bits per heavy atom. The molecule has 0 aliphatic carbocycles. The van der Waals surface area contributed by atoms with Gasteiger partial charge < -0.3 is 15.6 Å². The molecule has 0 amide bonds. The number of thiol groups is 1. The molecule has 1 aliphatic rings. The standard InChI is InChI=1S/C16H16ClFN6.C7H8S/c17-9-4-11-12(7-21-14(11)20-5-9)15-22-8-13(18)16(24-15)23-10-2-1-3-19-6-10;1-6-2-4-7(8)5-3-6/h4-5,7-8,10,19H,1-3,6H2,(H,20,21)(H,22,23,24);2-5,8H,1H3. The van der Waals surface area contributed by atoms with Gasteiger partial charge in [-0.3, -0.25) is 0 Å². The van der Waals surface area contributed by atoms with E-state index in [0.717, 1.165) is 41.8 Å². The van der Waals surface area contributed by atoms with E-state index >= 15 is 0 Å². The van der Waals surface area contributed by atoms with Crippen molar-refractivity contribution in [2.24, 2.45) is 0 Å². The van der Waals surface area contributed by atoms with E-state index in [1.54, 1.807) is 18.5 Å². The second kappa shape index (κ2) is 10.3. The summed E-state index contributed by atoms with van der Waals surface area (Å²) in [5.74, 6) is 0.191. The molecule has 0 spiro atoms. The SMILES string of the molecule is Cc1ccc(S)cc1.Fc1cnc(-c2c[nH]c3ncc(Cl)cc23)nc1NC1CCCNC1. The zero-order valence-electron chi connectivity index (χ0n) is 17.6. The normalized spacial score (nSPS) is 15.8. The molecule has 32 heavy (non-hydrogen) atoms. The number of hydrogen-bond donors (Lipinski definition) is 4. The van der Waals surface area contributed by atoms with Crippen molar-refractivity contribution in [3.8, 4) is 11.4 Å². The Bertz CT molecular complexity index is 1170. The van der Waals surface area contributed by atoms with Crippen molar-refractivity contribution in [2.75, 3.05) is 18.4 Å². The number of benzene rings is 1. The summed E-state index contributed by atoms with van der Waals surface area (Å²) < 4.78 is 14.1. The Kier molecular flexibility index (Phi) is 7.24. The maximum Gasteiger partial charge on any atom is 0.183 e. The summed E-state index contributed by atoms with van der Waals surface area (Å²) in [6.45, 7) is 3.86. The molecule has 1 unspecified atom stereocenters. The number of nitrogens with zero attached hydrogens (tertiary/aromatic N) is 3. The zero-order valence-corrected chi connectivity index (χ0v) is 19.2. The molecule has 6 nitrogen and oxygen atoms in total. The molecular formula is C23H24ClFN6S. The number of aromatic nitrogens is 4. The fraction of sp³-hybridized carbons (Fsp3) is 0.261. The third kappa shape index (κ3) is 5.56. The van der Waals surface area contributed by atoms with Crippen molar-refractivity contribution in [3.63, 3.8) is 0 Å². The molecule has 1 fully saturated rings. The average molecular weight is 471 g/mol. The van der Waals surface area contributed by atoms with Crippen LogP contribution in [0.15, 0.2) is 53.8 Å². The molecule has 0 saturated carbocycles. The second-order valence-corrected chi connectivity index (χ2v) is 8.62. The van der Waals surface area contributed by atoms with E-state index in [0.29, 0.717) is 16.5 Å². The summed E-state index contributed by atoms with van der Waals surface area (Å²) in [6.07, 6.45) is 6.56. The van der Waals surface area contributed by atoms with E-state index in [9.17, 15) is 4.39 Å². The van der Waals surface area contributed by atoms with Gasteiger partial charge in [-0.2, -0.15) is 0 Å². The fourth-order valence-electron chi connectivity index (χ4n) is 3.47. The molecule has 0 radical (unpaired) electrons. The Labute approximate surface area is 196 Å². The Morgan fingerprint density at radius 1 is 1.19 bits per heavy atom. The molecule has 1 aliphatic heterocycles. The molecule has 4 aromatic rings. The lowest BCUT2D eigenvalue weighted by molar-refractivity contribution is 0.476. The lowest BCUT2D eigenvalue weighted by atomic mass is 10.1. The Morgan fingerprint density at radius 2 is 2.00 bits per heavy atom. The topological polar surface area (TPSA) is 78.5 Å². The summed E-state index contributed by atoms with van der Waals surface area (Å²) in [7, 11) is 0. The number of H-pyrrole nitrogens is 1. The van der Waals surface area contributed by atoms with Gasteiger partial charge in [-0.25, -0.2) is 19.3 Å². The summed E-state index contributed by atoms with van der Waals surface area (Å²) in [5, 5.41) is 7.79. The number of halogens is 2. The molecule has 166 valence electrons. The van der Waals surface area contributed by atoms with E-state index in [-0.39, 0.29) is 11.9 Å². The number of nitrogens with one attached hydrogen (secondary N) is 3. The van der Waals surface area contributed by atoms with Crippen LogP contribution in [0.1, 0.15) is 18.4 Å². The highest BCUT2D eigenvalue weighted by Gasteiger charge is 2.17. The van der Waals surface area contributed by atoms with E-state index in [4.69, 9.17) is 11.6 Å². The minimum Gasteiger partial charge on any atom is -0.364 e. The van der Waals surface area contributed by atoms with Crippen LogP contribution in [-0.4, -0.2) is 39.1 Å². The van der Waals surface area contributed by atoms with Crippen LogP contribution in [0.3, 0.4) is 0 Å². The minimum atomic E-state index is -0.458. The Balaban J connectivity index is 0.000000260. The number of anilines is 1. The van der Waals surface area contributed by atoms with E-state index in [2.05, 4.69) is 50.1 Å². The largest absolute Gasteiger partial charge is 0.364 e. The summed E-state index contributed by atoms with van der Waals surface area (Å²) in [5.41, 5.74) is 2.71. The number of rotatable bonds is 3. The van der Waals surface area contributed by atoms with Gasteiger partial charge in [0.25, 0.3) is 0 Å². The van der Waals surface area contributed by atoms with Crippen LogP contribution in [0.25, 0.3) is 22.4 Å². The van der Waals surface area contributed by atoms with Crippen molar-refractivity contribution in [2.45, 2.75) is 30.7 Å². The zero-order chi connectivity index (χ0) is 22.5. The highest BCUT2D eigenvalue weighted by Crippen LogP contribution is 2.28. The molecule has 1 saturated heterocycles. The van der Waals surface area contributed by atoms with Crippen LogP contribution >= 0.6 is 24.2 Å². The number of aromatic amines is 1. The van der Waals surface area contributed by atoms with Crippen LogP contribution in [0, 0.1) is 12.7 Å². The fourth-order valence-corrected chi connectivity index (χ4v) is 3.78. The summed E-state index contributed by atoms with van der Waals surface area (Å²) >= 11 is 10.2. The van der Waals surface area contributed by atoms with Crippen LogP contribution < -0.4 is 10.6 Å². The number of hydrogen-bond acceptors (Lipinski definition) is 6. The maximum atomic E-state index is 14.1. The quantitative estimate of drug-likeness (QED) is 0.307. The molecule has 3 N–H and O–H groups in total. The number of pyridine rings is 1. The smallest absolute Gasteiger partial charge is 0.183 e. The predicted molar refractivity (Wildman–Crippen MR) is 130 cm³/mol. The summed E-state index contributed by atoms with van der Waals surface area (Å²) in [4.78, 5) is 16.8. The Hall–Kier alpha value is -2.68. The van der Waals surface area contributed by atoms with Gasteiger partial charge in [0.15, 0.2) is 17.5 Å². The van der Waals surface area contributed by atoms with Crippen LogP contribution in [0.5, 0.6) is 0 Å². The molecular weight excluding hydrogens is 447 g/mol. The van der Waals surface area contributed by atoms with Gasteiger partial charge >= 0.3 is 0 Å². The lowest BCUT2D eigenvalue weighted by Gasteiger charge is -2.24. The van der Waals surface area contributed by atoms with Gasteiger partial charge in [-0.1, -0.05) is 29.3 Å². The van der Waals surface area contributed by atoms with E-state index < -0.39 is 5.82 Å². The van der Waals surface area contributed by atoms with Gasteiger partial charge in [-0.05, 0) is 44.5 Å². The van der Waals surface area contributed by atoms with E-state index in [1.165, 1.54) is 11.8 Å². The molecule has 5 rings (SSSR count). The van der Waals surface area contributed by atoms with Gasteiger partial charge in [0.2, 0.25) is 0 Å². The van der Waals surface area contributed by atoms with Gasteiger partial charge in [0, 0.05) is 40.8 Å². The first-order valence-electron chi connectivity index (χ1n) is 10.4. The first kappa shape index (κ1) is 22.5. The van der Waals surface area contributed by atoms with Crippen molar-refractivity contribution in [3.05, 3.63) is 65.3 Å². The number of piperidine rings is 1. The third-order valence-corrected chi connectivity index (χ3v) is 5.66. The van der Waals surface area contributed by atoms with Gasteiger partial charge in [-0.15, -0.1) is 12.6 Å². The highest BCUT2D eigenvalue weighted by molar-refractivity contribution is 7.80. The first-order chi connectivity index (χ1) is 15.5. The maximum absolute atomic E-state index is 14.1. The molecule has 1 atom stereocenters. The minimum absolute atomic E-state index is 0.162. The predicted octanol–water partition coefficient (Wildman–Crippen LogP) is 5.26. The van der Waals surface area contributed by atoms with Crippen LogP contribution in [0.4, 0.5) is 10.2 Å². The van der Waals surface area contributed by atoms with Crippen molar-refractivity contribution in [1.82, 2.24) is 25.3 Å². The summed E-state index contributed by atoms with van der Waals surface area (Å²) in [6, 6.07) is 10.0. The number of aryl methyl sites for hydroxylation is 1. The van der Waals surface area contributed by atoms with Crippen LogP contribution in [-0.2, 0) is 0 Å². The van der Waals surface area contributed by atoms with Gasteiger partial charge in [0.1, 0.15) is 5.65 Å². The van der Waals surface area contributed by atoms with Crippen molar-refractivity contribution in [1.29, 1.82) is 0 Å². The van der Waals surface area contributed by atoms with Crippen molar-refractivity contribution >= 4 is 41.1 Å². The van der Waals surface area contributed by atoms with Crippen molar-refractivity contribution < 1.29 is 4.39 Å². The number of fused-ring (bicyclic) bond motifs is 1. The first-order valence-corrected chi connectivity index (χ1v) is 11.2. The average Bonchev–Trinajstić information content (AvgIpc) is 3.21. The van der Waals surface area contributed by atoms with Crippen LogP contribution in [0.2, 0.25) is 5.02 Å². The molecule has 3 aromatic heterocycles. The molecule has 0 bridgehead atoms. The van der Waals surface area contributed by atoms with Gasteiger partial charge in [0.05, 0.1) is 11.2 Å². The molecule has 4 heterocycles. The molecule has 9 heteroatoms. The highest BCUT2D eigenvalue weighted by atomic mass is 35.5. The lowest BCUT2D eigenvalue weighted by Crippen LogP contribution is -2.38.